The molecule has 0 aromatic carbocycles. The van der Waals surface area contributed by atoms with Gasteiger partial charge in [-0.25, -0.2) is 4.98 Å². The standard InChI is InChI=1S/C11H14ClN3O2S/c1-17-6-5-15(4-2-3-13)11-14-9(8-18-11)10(16)7-12/h8H,2,4-7H2,1H3. The monoisotopic (exact) mass is 287 g/mol. The Morgan fingerprint density at radius 1 is 1.67 bits per heavy atom. The van der Waals surface area contributed by atoms with Crippen LogP contribution in [0.2, 0.25) is 0 Å². The highest BCUT2D eigenvalue weighted by molar-refractivity contribution is 7.14. The van der Waals surface area contributed by atoms with Crippen LogP contribution >= 0.6 is 22.9 Å². The average molecular weight is 288 g/mol. The summed E-state index contributed by atoms with van der Waals surface area (Å²) in [6, 6.07) is 2.09. The fourth-order valence-electron chi connectivity index (χ4n) is 1.30. The topological polar surface area (TPSA) is 66.2 Å². The third kappa shape index (κ3) is 4.26. The summed E-state index contributed by atoms with van der Waals surface area (Å²) in [6.45, 7) is 1.76. The molecule has 0 atom stereocenters. The summed E-state index contributed by atoms with van der Waals surface area (Å²) < 4.78 is 5.01. The summed E-state index contributed by atoms with van der Waals surface area (Å²) in [4.78, 5) is 17.6. The number of ether oxygens (including phenoxy) is 1. The van der Waals surface area contributed by atoms with Crippen LogP contribution < -0.4 is 4.90 Å². The highest BCUT2D eigenvalue weighted by atomic mass is 35.5. The van der Waals surface area contributed by atoms with Crippen molar-refractivity contribution in [3.8, 4) is 6.07 Å². The normalized spacial score (nSPS) is 10.1. The van der Waals surface area contributed by atoms with Crippen LogP contribution in [0.1, 0.15) is 16.9 Å². The van der Waals surface area contributed by atoms with Crippen LogP contribution in [-0.4, -0.2) is 43.5 Å². The zero-order valence-electron chi connectivity index (χ0n) is 10.1. The van der Waals surface area contributed by atoms with Gasteiger partial charge >= 0.3 is 0 Å². The zero-order valence-corrected chi connectivity index (χ0v) is 11.6. The fourth-order valence-corrected chi connectivity index (χ4v) is 2.32. The first-order valence-electron chi connectivity index (χ1n) is 5.38. The Morgan fingerprint density at radius 2 is 2.44 bits per heavy atom. The molecule has 0 aliphatic heterocycles. The van der Waals surface area contributed by atoms with Crippen LogP contribution in [0, 0.1) is 11.3 Å². The third-order valence-electron chi connectivity index (χ3n) is 2.23. The second-order valence-electron chi connectivity index (χ2n) is 3.46. The van der Waals surface area contributed by atoms with Crippen LogP contribution in [0.5, 0.6) is 0 Å². The molecule has 0 aliphatic rings. The molecule has 0 N–H and O–H groups in total. The molecule has 5 nitrogen and oxygen atoms in total. The van der Waals surface area contributed by atoms with Gasteiger partial charge in [0.05, 0.1) is 25.0 Å². The van der Waals surface area contributed by atoms with Crippen molar-refractivity contribution >= 4 is 33.9 Å². The molecule has 1 aromatic heterocycles. The Labute approximate surface area is 115 Å². The lowest BCUT2D eigenvalue weighted by Gasteiger charge is -2.19. The van der Waals surface area contributed by atoms with E-state index in [-0.39, 0.29) is 11.7 Å². The van der Waals surface area contributed by atoms with E-state index >= 15 is 0 Å². The number of Topliss-reactive ketones (excluding diaryl/α,β-unsaturated/α-hetero) is 1. The molecule has 0 aliphatic carbocycles. The molecule has 98 valence electrons. The number of aromatic nitrogens is 1. The Hall–Kier alpha value is -1.16. The Morgan fingerprint density at radius 3 is 3.06 bits per heavy atom. The summed E-state index contributed by atoms with van der Waals surface area (Å²) in [5.41, 5.74) is 0.379. The maximum atomic E-state index is 11.4. The molecule has 0 fully saturated rings. The maximum absolute atomic E-state index is 11.4. The summed E-state index contributed by atoms with van der Waals surface area (Å²) in [5.74, 6) is -0.259. The van der Waals surface area contributed by atoms with Gasteiger partial charge in [-0.3, -0.25) is 4.79 Å². The van der Waals surface area contributed by atoms with Crippen LogP contribution in [0.4, 0.5) is 5.13 Å². The molecule has 7 heteroatoms. The first-order valence-corrected chi connectivity index (χ1v) is 6.79. The van der Waals surface area contributed by atoms with E-state index in [1.165, 1.54) is 11.3 Å². The number of hydrogen-bond acceptors (Lipinski definition) is 6. The largest absolute Gasteiger partial charge is 0.383 e. The number of ketones is 1. The minimum atomic E-state index is -0.189. The molecule has 1 heterocycles. The highest BCUT2D eigenvalue weighted by Crippen LogP contribution is 2.21. The molecule has 0 unspecified atom stereocenters. The molecule has 0 spiro atoms. The Balaban J connectivity index is 2.74. The first-order chi connectivity index (χ1) is 8.72. The number of nitriles is 1. The van der Waals surface area contributed by atoms with Crippen molar-refractivity contribution in [3.63, 3.8) is 0 Å². The number of alkyl halides is 1. The second kappa shape index (κ2) is 8.03. The third-order valence-corrected chi connectivity index (χ3v) is 3.37. The van der Waals surface area contributed by atoms with Crippen molar-refractivity contribution in [1.82, 2.24) is 4.98 Å². The van der Waals surface area contributed by atoms with E-state index in [0.29, 0.717) is 31.8 Å². The van der Waals surface area contributed by atoms with Crippen molar-refractivity contribution in [2.24, 2.45) is 0 Å². The minimum Gasteiger partial charge on any atom is -0.383 e. The van der Waals surface area contributed by atoms with Gasteiger partial charge in [-0.1, -0.05) is 0 Å². The lowest BCUT2D eigenvalue weighted by Crippen LogP contribution is -2.28. The van der Waals surface area contributed by atoms with E-state index in [0.717, 1.165) is 5.13 Å². The van der Waals surface area contributed by atoms with Crippen LogP contribution in [0.25, 0.3) is 0 Å². The number of halogens is 1. The molecule has 1 rings (SSSR count). The van der Waals surface area contributed by atoms with E-state index in [1.54, 1.807) is 12.5 Å². The Kier molecular flexibility index (Phi) is 6.65. The van der Waals surface area contributed by atoms with E-state index in [2.05, 4.69) is 11.1 Å². The van der Waals surface area contributed by atoms with E-state index in [4.69, 9.17) is 21.6 Å². The number of nitrogens with zero attached hydrogens (tertiary/aromatic N) is 3. The molecule has 18 heavy (non-hydrogen) atoms. The zero-order chi connectivity index (χ0) is 13.4. The van der Waals surface area contributed by atoms with Crippen molar-refractivity contribution < 1.29 is 9.53 Å². The molecule has 0 saturated heterocycles. The molecule has 0 bridgehead atoms. The van der Waals surface area contributed by atoms with Crippen LogP contribution in [0.15, 0.2) is 5.38 Å². The van der Waals surface area contributed by atoms with Crippen molar-refractivity contribution in [3.05, 3.63) is 11.1 Å². The average Bonchev–Trinajstić information content (AvgIpc) is 2.87. The first kappa shape index (κ1) is 14.9. The Bertz CT molecular complexity index is 430. The van der Waals surface area contributed by atoms with Gasteiger partial charge in [0, 0.05) is 25.6 Å². The molecular formula is C11H14ClN3O2S. The predicted molar refractivity (Wildman–Crippen MR) is 71.5 cm³/mol. The lowest BCUT2D eigenvalue weighted by atomic mass is 10.3. The summed E-state index contributed by atoms with van der Waals surface area (Å²) >= 11 is 6.85. The van der Waals surface area contributed by atoms with Gasteiger partial charge in [-0.2, -0.15) is 5.26 Å². The van der Waals surface area contributed by atoms with Crippen molar-refractivity contribution in [1.29, 1.82) is 5.26 Å². The molecule has 0 radical (unpaired) electrons. The quantitative estimate of drug-likeness (QED) is 0.540. The lowest BCUT2D eigenvalue weighted by molar-refractivity contribution is 0.101. The van der Waals surface area contributed by atoms with Gasteiger partial charge in [-0.05, 0) is 0 Å². The minimum absolute atomic E-state index is 0.0700. The summed E-state index contributed by atoms with van der Waals surface area (Å²) in [6.07, 6.45) is 0.405. The van der Waals surface area contributed by atoms with Crippen molar-refractivity contribution in [2.45, 2.75) is 6.42 Å². The van der Waals surface area contributed by atoms with Gasteiger partial charge in [0.2, 0.25) is 0 Å². The number of carbonyl (C=O) groups excluding carboxylic acids is 1. The van der Waals surface area contributed by atoms with Crippen molar-refractivity contribution in [2.75, 3.05) is 37.6 Å². The molecular weight excluding hydrogens is 274 g/mol. The fraction of sp³-hybridized carbons (Fsp3) is 0.545. The van der Waals surface area contributed by atoms with Gasteiger partial charge in [0.15, 0.2) is 10.9 Å². The van der Waals surface area contributed by atoms with Crippen LogP contribution in [0.3, 0.4) is 0 Å². The number of carbonyl (C=O) groups is 1. The van der Waals surface area contributed by atoms with E-state index in [1.807, 2.05) is 4.90 Å². The van der Waals surface area contributed by atoms with Gasteiger partial charge in [-0.15, -0.1) is 22.9 Å². The molecule has 0 amide bonds. The van der Waals surface area contributed by atoms with Gasteiger partial charge < -0.3 is 9.64 Å². The molecule has 0 saturated carbocycles. The van der Waals surface area contributed by atoms with E-state index < -0.39 is 0 Å². The summed E-state index contributed by atoms with van der Waals surface area (Å²) in [7, 11) is 1.62. The van der Waals surface area contributed by atoms with Crippen LogP contribution in [-0.2, 0) is 4.74 Å². The highest BCUT2D eigenvalue weighted by Gasteiger charge is 2.14. The number of methoxy groups -OCH3 is 1. The molecule has 1 aromatic rings. The predicted octanol–water partition coefficient (Wildman–Crippen LogP) is 1.93. The summed E-state index contributed by atoms with van der Waals surface area (Å²) in [5, 5.41) is 11.0. The smallest absolute Gasteiger partial charge is 0.196 e. The number of hydrogen-bond donors (Lipinski definition) is 0. The van der Waals surface area contributed by atoms with Gasteiger partial charge in [0.1, 0.15) is 5.69 Å². The number of anilines is 1. The number of thiazole rings is 1. The van der Waals surface area contributed by atoms with E-state index in [9.17, 15) is 4.79 Å². The maximum Gasteiger partial charge on any atom is 0.196 e. The second-order valence-corrected chi connectivity index (χ2v) is 4.56. The number of rotatable bonds is 8. The SMILES string of the molecule is COCCN(CCC#N)c1nc(C(=O)CCl)cs1. The van der Waals surface area contributed by atoms with Gasteiger partial charge in [0.25, 0.3) is 0 Å².